The van der Waals surface area contributed by atoms with E-state index in [2.05, 4.69) is 0 Å². The van der Waals surface area contributed by atoms with E-state index < -0.39 is 5.41 Å². The minimum absolute atomic E-state index is 0.174. The number of carbonyl (C=O) groups is 1. The molecule has 0 bridgehead atoms. The molecule has 1 aliphatic carbocycles. The molecule has 94 valence electrons. The highest BCUT2D eigenvalue weighted by molar-refractivity contribution is 5.81. The summed E-state index contributed by atoms with van der Waals surface area (Å²) in [6, 6.07) is 0. The third kappa shape index (κ3) is 3.48. The van der Waals surface area contributed by atoms with Crippen molar-refractivity contribution < 1.29 is 4.79 Å². The van der Waals surface area contributed by atoms with Gasteiger partial charge in [-0.1, -0.05) is 25.7 Å². The average Bonchev–Trinajstić information content (AvgIpc) is 2.77. The summed E-state index contributed by atoms with van der Waals surface area (Å²) in [5, 5.41) is 0. The van der Waals surface area contributed by atoms with Crippen LogP contribution >= 0.6 is 0 Å². The van der Waals surface area contributed by atoms with Gasteiger partial charge in [0.2, 0.25) is 5.91 Å². The van der Waals surface area contributed by atoms with Crippen LogP contribution in [-0.4, -0.2) is 30.9 Å². The van der Waals surface area contributed by atoms with Crippen LogP contribution in [0.1, 0.15) is 46.0 Å². The Morgan fingerprint density at radius 1 is 1.38 bits per heavy atom. The normalized spacial score (nSPS) is 17.8. The van der Waals surface area contributed by atoms with Gasteiger partial charge in [-0.3, -0.25) is 4.79 Å². The highest BCUT2D eigenvalue weighted by Gasteiger charge is 2.29. The maximum atomic E-state index is 12.0. The molecule has 1 rings (SSSR count). The first-order valence-corrected chi connectivity index (χ1v) is 6.43. The van der Waals surface area contributed by atoms with Crippen molar-refractivity contribution in [3.8, 4) is 0 Å². The van der Waals surface area contributed by atoms with E-state index >= 15 is 0 Å². The summed E-state index contributed by atoms with van der Waals surface area (Å²) >= 11 is 0. The van der Waals surface area contributed by atoms with E-state index in [-0.39, 0.29) is 5.91 Å². The van der Waals surface area contributed by atoms with Crippen molar-refractivity contribution in [2.75, 3.05) is 20.1 Å². The monoisotopic (exact) mass is 226 g/mol. The Kier molecular flexibility index (Phi) is 4.78. The number of hydrogen-bond acceptors (Lipinski definition) is 2. The van der Waals surface area contributed by atoms with Gasteiger partial charge < -0.3 is 10.6 Å². The number of rotatable bonds is 5. The number of carbonyl (C=O) groups excluding carboxylic acids is 1. The summed E-state index contributed by atoms with van der Waals surface area (Å²) in [6.07, 6.45) is 6.60. The molecule has 0 saturated heterocycles. The molecule has 0 spiro atoms. The molecule has 3 nitrogen and oxygen atoms in total. The van der Waals surface area contributed by atoms with Crippen LogP contribution in [0.4, 0.5) is 0 Å². The molecule has 1 amide bonds. The second-order valence-corrected chi connectivity index (χ2v) is 5.75. The Labute approximate surface area is 99.4 Å². The fourth-order valence-corrected chi connectivity index (χ4v) is 2.38. The van der Waals surface area contributed by atoms with Crippen LogP contribution in [0.25, 0.3) is 0 Å². The van der Waals surface area contributed by atoms with Gasteiger partial charge in [0.15, 0.2) is 0 Å². The first-order chi connectivity index (χ1) is 7.47. The Balaban J connectivity index is 2.33. The van der Waals surface area contributed by atoms with E-state index in [1.165, 1.54) is 25.7 Å². The molecular weight excluding hydrogens is 200 g/mol. The van der Waals surface area contributed by atoms with Crippen molar-refractivity contribution in [2.45, 2.75) is 46.0 Å². The van der Waals surface area contributed by atoms with Crippen molar-refractivity contribution in [1.29, 1.82) is 0 Å². The zero-order chi connectivity index (χ0) is 12.2. The molecule has 0 radical (unpaired) electrons. The molecule has 0 unspecified atom stereocenters. The lowest BCUT2D eigenvalue weighted by Crippen LogP contribution is -2.43. The Bertz CT molecular complexity index is 232. The van der Waals surface area contributed by atoms with E-state index in [1.807, 2.05) is 25.8 Å². The van der Waals surface area contributed by atoms with Crippen LogP contribution in [0.2, 0.25) is 0 Å². The molecule has 3 heteroatoms. The second-order valence-electron chi connectivity index (χ2n) is 5.75. The quantitative estimate of drug-likeness (QED) is 0.779. The van der Waals surface area contributed by atoms with Gasteiger partial charge in [-0.05, 0) is 26.2 Å². The van der Waals surface area contributed by atoms with Crippen molar-refractivity contribution in [1.82, 2.24) is 4.90 Å². The lowest BCUT2D eigenvalue weighted by atomic mass is 9.91. The summed E-state index contributed by atoms with van der Waals surface area (Å²) in [6.45, 7) is 5.13. The van der Waals surface area contributed by atoms with E-state index in [4.69, 9.17) is 5.73 Å². The van der Waals surface area contributed by atoms with Gasteiger partial charge in [-0.2, -0.15) is 0 Å². The van der Waals surface area contributed by atoms with Crippen molar-refractivity contribution >= 4 is 5.91 Å². The molecule has 1 saturated carbocycles. The largest absolute Gasteiger partial charge is 0.345 e. The third-order valence-corrected chi connectivity index (χ3v) is 3.78. The fraction of sp³-hybridized carbons (Fsp3) is 0.923. The number of hydrogen-bond donors (Lipinski definition) is 1. The van der Waals surface area contributed by atoms with Gasteiger partial charge in [0.1, 0.15) is 0 Å². The fourth-order valence-electron chi connectivity index (χ4n) is 2.38. The summed E-state index contributed by atoms with van der Waals surface area (Å²) in [7, 11) is 1.90. The molecule has 0 heterocycles. The van der Waals surface area contributed by atoms with Gasteiger partial charge in [0.25, 0.3) is 0 Å². The van der Waals surface area contributed by atoms with Gasteiger partial charge in [0.05, 0.1) is 5.41 Å². The number of nitrogens with two attached hydrogens (primary N) is 1. The summed E-state index contributed by atoms with van der Waals surface area (Å²) < 4.78 is 0. The SMILES string of the molecule is CN(CCC1CCCC1)C(=O)C(C)(C)CN. The first kappa shape index (κ1) is 13.5. The maximum absolute atomic E-state index is 12.0. The predicted molar refractivity (Wildman–Crippen MR) is 67.0 cm³/mol. The molecule has 0 aromatic rings. The zero-order valence-electron chi connectivity index (χ0n) is 11.0. The van der Waals surface area contributed by atoms with Crippen LogP contribution in [0.5, 0.6) is 0 Å². The molecule has 0 aromatic heterocycles. The standard InChI is InChI=1S/C13H26N2O/c1-13(2,10-14)12(16)15(3)9-8-11-6-4-5-7-11/h11H,4-10,14H2,1-3H3. The Morgan fingerprint density at radius 2 is 1.94 bits per heavy atom. The highest BCUT2D eigenvalue weighted by atomic mass is 16.2. The van der Waals surface area contributed by atoms with E-state index in [1.54, 1.807) is 0 Å². The van der Waals surface area contributed by atoms with E-state index in [9.17, 15) is 4.79 Å². The van der Waals surface area contributed by atoms with E-state index in [0.717, 1.165) is 18.9 Å². The van der Waals surface area contributed by atoms with Gasteiger partial charge in [-0.15, -0.1) is 0 Å². The Morgan fingerprint density at radius 3 is 2.44 bits per heavy atom. The molecule has 0 atom stereocenters. The van der Waals surface area contributed by atoms with E-state index in [0.29, 0.717) is 6.54 Å². The zero-order valence-corrected chi connectivity index (χ0v) is 11.0. The van der Waals surface area contributed by atoms with Crippen LogP contribution in [0.15, 0.2) is 0 Å². The molecule has 0 aromatic carbocycles. The molecule has 0 aliphatic heterocycles. The first-order valence-electron chi connectivity index (χ1n) is 6.43. The molecule has 16 heavy (non-hydrogen) atoms. The van der Waals surface area contributed by atoms with Crippen LogP contribution in [0.3, 0.4) is 0 Å². The Hall–Kier alpha value is -0.570. The smallest absolute Gasteiger partial charge is 0.229 e. The summed E-state index contributed by atoms with van der Waals surface area (Å²) in [5.41, 5.74) is 5.20. The van der Waals surface area contributed by atoms with Crippen LogP contribution < -0.4 is 5.73 Å². The molecule has 2 N–H and O–H groups in total. The second kappa shape index (κ2) is 5.67. The van der Waals surface area contributed by atoms with Crippen LogP contribution in [-0.2, 0) is 4.79 Å². The maximum Gasteiger partial charge on any atom is 0.229 e. The summed E-state index contributed by atoms with van der Waals surface area (Å²) in [4.78, 5) is 13.9. The van der Waals surface area contributed by atoms with Crippen molar-refractivity contribution in [3.05, 3.63) is 0 Å². The minimum atomic E-state index is -0.412. The minimum Gasteiger partial charge on any atom is -0.345 e. The lowest BCUT2D eigenvalue weighted by Gasteiger charge is -2.28. The summed E-state index contributed by atoms with van der Waals surface area (Å²) in [5.74, 6) is 1.02. The van der Waals surface area contributed by atoms with Gasteiger partial charge in [-0.25, -0.2) is 0 Å². The topological polar surface area (TPSA) is 46.3 Å². The van der Waals surface area contributed by atoms with Crippen molar-refractivity contribution in [3.63, 3.8) is 0 Å². The average molecular weight is 226 g/mol. The molecule has 1 fully saturated rings. The number of amides is 1. The highest BCUT2D eigenvalue weighted by Crippen LogP contribution is 2.28. The molecular formula is C13H26N2O. The van der Waals surface area contributed by atoms with Crippen LogP contribution in [0, 0.1) is 11.3 Å². The molecule has 1 aliphatic rings. The lowest BCUT2D eigenvalue weighted by molar-refractivity contribution is -0.138. The van der Waals surface area contributed by atoms with Gasteiger partial charge >= 0.3 is 0 Å². The van der Waals surface area contributed by atoms with Gasteiger partial charge in [0, 0.05) is 20.1 Å². The third-order valence-electron chi connectivity index (χ3n) is 3.78. The number of nitrogens with zero attached hydrogens (tertiary/aromatic N) is 1. The predicted octanol–water partition coefficient (Wildman–Crippen LogP) is 2.01. The van der Waals surface area contributed by atoms with Crippen molar-refractivity contribution in [2.24, 2.45) is 17.1 Å².